The second-order valence-corrected chi connectivity index (χ2v) is 10.4. The van der Waals surface area contributed by atoms with Gasteiger partial charge in [-0.2, -0.15) is 20.0 Å². The summed E-state index contributed by atoms with van der Waals surface area (Å²) < 4.78 is 1.47. The molecule has 2 aliphatic heterocycles. The molecule has 1 aliphatic carbocycles. The third-order valence-corrected chi connectivity index (χ3v) is 7.69. The summed E-state index contributed by atoms with van der Waals surface area (Å²) in [5.41, 5.74) is 2.68. The van der Waals surface area contributed by atoms with Gasteiger partial charge in [0.1, 0.15) is 6.07 Å². The molecule has 12 heteroatoms. The Bertz CT molecular complexity index is 1410. The quantitative estimate of drug-likeness (QED) is 0.504. The lowest BCUT2D eigenvalue weighted by atomic mass is 10.0. The number of hydrogen-bond donors (Lipinski definition) is 2. The van der Waals surface area contributed by atoms with Crippen molar-refractivity contribution in [2.45, 2.75) is 31.3 Å². The largest absolute Gasteiger partial charge is 0.367 e. The van der Waals surface area contributed by atoms with Gasteiger partial charge in [0.05, 0.1) is 34.2 Å². The van der Waals surface area contributed by atoms with Crippen molar-refractivity contribution in [2.24, 2.45) is 0 Å². The summed E-state index contributed by atoms with van der Waals surface area (Å²) in [6, 6.07) is 8.73. The Kier molecular flexibility index (Phi) is 6.21. The minimum Gasteiger partial charge on any atom is -0.367 e. The zero-order chi connectivity index (χ0) is 25.5. The van der Waals surface area contributed by atoms with Gasteiger partial charge in [-0.15, -0.1) is 5.10 Å². The maximum absolute atomic E-state index is 9.72. The van der Waals surface area contributed by atoms with Gasteiger partial charge in [-0.05, 0) is 51.5 Å². The summed E-state index contributed by atoms with van der Waals surface area (Å²) >= 11 is 6.89. The van der Waals surface area contributed by atoms with E-state index in [4.69, 9.17) is 11.6 Å². The Balaban J connectivity index is 1.26. The number of rotatable bonds is 6. The average molecular weight is 518 g/mol. The van der Waals surface area contributed by atoms with Crippen LogP contribution in [-0.4, -0.2) is 87.8 Å². The van der Waals surface area contributed by atoms with Crippen LogP contribution < -0.4 is 15.5 Å². The van der Waals surface area contributed by atoms with Crippen molar-refractivity contribution < 1.29 is 0 Å². The van der Waals surface area contributed by atoms with Gasteiger partial charge in [-0.1, -0.05) is 11.6 Å². The number of hydrogen-bond acceptors (Lipinski definition) is 10. The highest BCUT2D eigenvalue weighted by molar-refractivity contribution is 6.36. The lowest BCUT2D eigenvalue weighted by Crippen LogP contribution is -2.60. The highest BCUT2D eigenvalue weighted by Gasteiger charge is 2.34. The van der Waals surface area contributed by atoms with E-state index >= 15 is 0 Å². The molecule has 6 rings (SSSR count). The van der Waals surface area contributed by atoms with Crippen molar-refractivity contribution >= 4 is 40.4 Å². The highest BCUT2D eigenvalue weighted by atomic mass is 35.5. The summed E-state index contributed by atoms with van der Waals surface area (Å²) in [6.07, 6.45) is 4.79. The molecule has 3 aliphatic rings. The number of imidazole rings is 1. The molecule has 0 amide bonds. The second-order valence-electron chi connectivity index (χ2n) is 10.0. The molecule has 1 aromatic carbocycles. The number of nitrogens with one attached hydrogen (secondary N) is 2. The fourth-order valence-corrected chi connectivity index (χ4v) is 5.23. The molecular formula is C25H28ClN11. The molecule has 2 aromatic heterocycles. The number of likely N-dealkylation sites (N-methyl/N-ethyl adjacent to an activating group) is 1. The van der Waals surface area contributed by atoms with E-state index in [0.717, 1.165) is 57.8 Å². The fraction of sp³-hybridized carbons (Fsp3) is 0.480. The molecular weight excluding hydrogens is 490 g/mol. The molecule has 0 atom stereocenters. The van der Waals surface area contributed by atoms with Crippen molar-refractivity contribution in [2.75, 3.05) is 61.8 Å². The van der Waals surface area contributed by atoms with Crippen LogP contribution in [0.5, 0.6) is 0 Å². The van der Waals surface area contributed by atoms with Crippen molar-refractivity contribution in [3.8, 4) is 12.1 Å². The third-order valence-electron chi connectivity index (χ3n) is 7.30. The van der Waals surface area contributed by atoms with Gasteiger partial charge in [0.25, 0.3) is 0 Å². The van der Waals surface area contributed by atoms with Crippen molar-refractivity contribution in [1.82, 2.24) is 29.4 Å². The molecule has 1 saturated carbocycles. The van der Waals surface area contributed by atoms with Gasteiger partial charge in [-0.3, -0.25) is 4.90 Å². The Morgan fingerprint density at radius 2 is 1.92 bits per heavy atom. The predicted octanol–water partition coefficient (Wildman–Crippen LogP) is 2.67. The molecule has 3 aromatic rings. The molecule has 2 N–H and O–H groups in total. The predicted molar refractivity (Wildman–Crippen MR) is 141 cm³/mol. The van der Waals surface area contributed by atoms with Gasteiger partial charge >= 0.3 is 0 Å². The van der Waals surface area contributed by atoms with Gasteiger partial charge < -0.3 is 20.4 Å². The molecule has 190 valence electrons. The maximum Gasteiger partial charge on any atom is 0.247 e. The van der Waals surface area contributed by atoms with Crippen LogP contribution in [-0.2, 0) is 0 Å². The zero-order valence-electron chi connectivity index (χ0n) is 20.7. The van der Waals surface area contributed by atoms with Gasteiger partial charge in [0, 0.05) is 38.3 Å². The van der Waals surface area contributed by atoms with E-state index < -0.39 is 0 Å². The van der Waals surface area contributed by atoms with E-state index in [-0.39, 0.29) is 5.95 Å². The van der Waals surface area contributed by atoms with Crippen LogP contribution >= 0.6 is 11.6 Å². The summed E-state index contributed by atoms with van der Waals surface area (Å²) in [5, 5.41) is 30.8. The van der Waals surface area contributed by atoms with E-state index in [1.54, 1.807) is 6.07 Å². The molecule has 3 fully saturated rings. The third kappa shape index (κ3) is 4.74. The first-order valence-corrected chi connectivity index (χ1v) is 13.0. The fourth-order valence-electron chi connectivity index (χ4n) is 4.96. The van der Waals surface area contributed by atoms with E-state index in [2.05, 4.69) is 59.6 Å². The van der Waals surface area contributed by atoms with Gasteiger partial charge in [0.15, 0.2) is 17.2 Å². The van der Waals surface area contributed by atoms with Crippen LogP contribution in [0.2, 0.25) is 5.02 Å². The summed E-state index contributed by atoms with van der Waals surface area (Å²) in [5.74, 6) is 0.825. The smallest absolute Gasteiger partial charge is 0.247 e. The summed E-state index contributed by atoms with van der Waals surface area (Å²) in [4.78, 5) is 16.1. The van der Waals surface area contributed by atoms with E-state index in [1.807, 2.05) is 6.07 Å². The standard InChI is InChI=1S/C25H28ClN11/c1-34-5-2-6-35(8-7-34)19-14-36(15-19)21-10-16(11-27)9-20(22(21)26)31-25-32-23(30-17-3-4-17)24-29-13-18(12-28)37(24)33-25/h9-10,13,17,19H,2-8,14-15H2,1H3,(H2,30,31,32,33). The van der Waals surface area contributed by atoms with Gasteiger partial charge in [-0.25, -0.2) is 4.98 Å². The lowest BCUT2D eigenvalue weighted by Gasteiger charge is -2.47. The van der Waals surface area contributed by atoms with Crippen LogP contribution in [0.15, 0.2) is 18.3 Å². The van der Waals surface area contributed by atoms with Crippen LogP contribution in [0.4, 0.5) is 23.1 Å². The normalized spacial score (nSPS) is 19.2. The number of benzene rings is 1. The zero-order valence-corrected chi connectivity index (χ0v) is 21.4. The summed E-state index contributed by atoms with van der Waals surface area (Å²) in [7, 11) is 2.18. The van der Waals surface area contributed by atoms with E-state index in [1.165, 1.54) is 17.1 Å². The molecule has 37 heavy (non-hydrogen) atoms. The average Bonchev–Trinajstić information content (AvgIpc) is 3.62. The molecule has 11 nitrogen and oxygen atoms in total. The first-order valence-electron chi connectivity index (χ1n) is 12.6. The van der Waals surface area contributed by atoms with Crippen molar-refractivity contribution in [3.05, 3.63) is 34.6 Å². The second kappa shape index (κ2) is 9.67. The van der Waals surface area contributed by atoms with Crippen molar-refractivity contribution in [3.63, 3.8) is 0 Å². The van der Waals surface area contributed by atoms with Crippen LogP contribution in [0, 0.1) is 22.7 Å². The number of fused-ring (bicyclic) bond motifs is 1. The number of anilines is 4. The molecule has 0 bridgehead atoms. The number of halogens is 1. The minimum atomic E-state index is 0.267. The number of aromatic nitrogens is 4. The topological polar surface area (TPSA) is 124 Å². The van der Waals surface area contributed by atoms with Crippen LogP contribution in [0.3, 0.4) is 0 Å². The minimum absolute atomic E-state index is 0.267. The number of nitrogens with zero attached hydrogens (tertiary/aromatic N) is 9. The number of nitriles is 2. The Labute approximate surface area is 220 Å². The van der Waals surface area contributed by atoms with E-state index in [0.29, 0.717) is 45.5 Å². The summed E-state index contributed by atoms with van der Waals surface area (Å²) in [6.45, 7) is 6.15. The Hall–Kier alpha value is -3.64. The molecule has 2 saturated heterocycles. The SMILES string of the molecule is CN1CCCN(C2CN(c3cc(C#N)cc(Nc4nc(NC5CC5)c5ncc(C#N)n5n4)c3Cl)C2)CC1. The first-order chi connectivity index (χ1) is 18.0. The first kappa shape index (κ1) is 23.7. The molecule has 4 heterocycles. The van der Waals surface area contributed by atoms with Crippen LogP contribution in [0.1, 0.15) is 30.5 Å². The Morgan fingerprint density at radius 3 is 2.68 bits per heavy atom. The maximum atomic E-state index is 9.72. The lowest BCUT2D eigenvalue weighted by molar-refractivity contribution is 0.172. The highest BCUT2D eigenvalue weighted by Crippen LogP contribution is 2.38. The van der Waals surface area contributed by atoms with Crippen molar-refractivity contribution in [1.29, 1.82) is 10.5 Å². The van der Waals surface area contributed by atoms with Crippen LogP contribution in [0.25, 0.3) is 5.65 Å². The molecule has 0 unspecified atom stereocenters. The Morgan fingerprint density at radius 1 is 1.08 bits per heavy atom. The van der Waals surface area contributed by atoms with E-state index in [9.17, 15) is 10.5 Å². The molecule has 0 radical (unpaired) electrons. The molecule has 0 spiro atoms. The monoisotopic (exact) mass is 517 g/mol. The van der Waals surface area contributed by atoms with Gasteiger partial charge in [0.2, 0.25) is 5.95 Å².